The van der Waals surface area contributed by atoms with Crippen molar-refractivity contribution in [1.82, 2.24) is 25.1 Å². The molecule has 6 rings (SSSR count). The fraction of sp³-hybridized carbons (Fsp3) is 0.172. The van der Waals surface area contributed by atoms with E-state index >= 15 is 0 Å². The predicted octanol–water partition coefficient (Wildman–Crippen LogP) is 4.83. The van der Waals surface area contributed by atoms with Crippen LogP contribution in [0.5, 0.6) is 0 Å². The fourth-order valence-corrected chi connectivity index (χ4v) is 6.30. The summed E-state index contributed by atoms with van der Waals surface area (Å²) in [5, 5.41) is 13.4. The SMILES string of the molecule is CS(=O)(=O)CCNC(=O)Cc1ccc2c(c1)sc1ncnc(Nc3ccc4c(cnn4Cc4cccc(F)c4)c3)c12. The smallest absolute Gasteiger partial charge is 0.224 e. The Balaban J connectivity index is 1.22. The van der Waals surface area contributed by atoms with Gasteiger partial charge in [-0.05, 0) is 47.5 Å². The normalized spacial score (nSPS) is 11.9. The van der Waals surface area contributed by atoms with Gasteiger partial charge in [0.2, 0.25) is 5.91 Å². The zero-order valence-electron chi connectivity index (χ0n) is 22.0. The Morgan fingerprint density at radius 2 is 1.93 bits per heavy atom. The molecule has 0 aliphatic carbocycles. The topological polar surface area (TPSA) is 119 Å². The number of amides is 1. The molecule has 2 N–H and O–H groups in total. The van der Waals surface area contributed by atoms with Gasteiger partial charge < -0.3 is 10.6 Å². The van der Waals surface area contributed by atoms with Gasteiger partial charge in [0, 0.05) is 34.0 Å². The molecule has 3 aromatic heterocycles. The van der Waals surface area contributed by atoms with Crippen molar-refractivity contribution in [1.29, 1.82) is 0 Å². The zero-order valence-corrected chi connectivity index (χ0v) is 23.6. The second-order valence-electron chi connectivity index (χ2n) is 9.82. The molecule has 0 aliphatic rings. The quantitative estimate of drug-likeness (QED) is 0.248. The molecule has 0 saturated heterocycles. The molecule has 0 saturated carbocycles. The molecule has 0 fully saturated rings. The summed E-state index contributed by atoms with van der Waals surface area (Å²) in [4.78, 5) is 22.1. The van der Waals surface area contributed by atoms with E-state index in [2.05, 4.69) is 25.7 Å². The zero-order chi connectivity index (χ0) is 28.6. The molecule has 0 radical (unpaired) electrons. The summed E-state index contributed by atoms with van der Waals surface area (Å²) in [6.45, 7) is 0.554. The van der Waals surface area contributed by atoms with Gasteiger partial charge >= 0.3 is 0 Å². The van der Waals surface area contributed by atoms with Crippen LogP contribution < -0.4 is 10.6 Å². The maximum Gasteiger partial charge on any atom is 0.224 e. The van der Waals surface area contributed by atoms with Gasteiger partial charge in [0.15, 0.2) is 0 Å². The Kier molecular flexibility index (Phi) is 7.10. The lowest BCUT2D eigenvalue weighted by Crippen LogP contribution is -2.29. The van der Waals surface area contributed by atoms with Crippen molar-refractivity contribution >= 4 is 69.8 Å². The molecule has 41 heavy (non-hydrogen) atoms. The third kappa shape index (κ3) is 6.03. The maximum absolute atomic E-state index is 13.6. The Bertz CT molecular complexity index is 2040. The number of halogens is 1. The molecule has 208 valence electrons. The second-order valence-corrected chi connectivity index (χ2v) is 13.1. The molecular formula is C29H25FN6O3S2. The van der Waals surface area contributed by atoms with E-state index in [1.165, 1.54) is 29.8 Å². The first-order valence-corrected chi connectivity index (χ1v) is 15.7. The number of carbonyl (C=O) groups excluding carboxylic acids is 1. The van der Waals surface area contributed by atoms with Crippen LogP contribution in [0.25, 0.3) is 31.2 Å². The van der Waals surface area contributed by atoms with Gasteiger partial charge in [0.25, 0.3) is 0 Å². The van der Waals surface area contributed by atoms with Crippen LogP contribution >= 0.6 is 11.3 Å². The van der Waals surface area contributed by atoms with Gasteiger partial charge in [-0.2, -0.15) is 5.10 Å². The lowest BCUT2D eigenvalue weighted by molar-refractivity contribution is -0.120. The minimum absolute atomic E-state index is 0.0903. The van der Waals surface area contributed by atoms with E-state index in [1.54, 1.807) is 12.3 Å². The number of aromatic nitrogens is 4. The fourth-order valence-electron chi connectivity index (χ4n) is 4.72. The molecule has 3 aromatic carbocycles. The highest BCUT2D eigenvalue weighted by atomic mass is 32.2. The minimum atomic E-state index is -3.13. The van der Waals surface area contributed by atoms with E-state index in [0.29, 0.717) is 12.4 Å². The Labute approximate surface area is 239 Å². The summed E-state index contributed by atoms with van der Waals surface area (Å²) in [6.07, 6.45) is 4.60. The van der Waals surface area contributed by atoms with Crippen LogP contribution in [0.15, 0.2) is 73.2 Å². The molecular weight excluding hydrogens is 563 g/mol. The minimum Gasteiger partial charge on any atom is -0.355 e. The Morgan fingerprint density at radius 1 is 1.05 bits per heavy atom. The van der Waals surface area contributed by atoms with Crippen LogP contribution in [-0.2, 0) is 27.6 Å². The van der Waals surface area contributed by atoms with Gasteiger partial charge in [0.05, 0.1) is 35.8 Å². The number of hydrogen-bond donors (Lipinski definition) is 2. The van der Waals surface area contributed by atoms with Crippen molar-refractivity contribution in [3.05, 3.63) is 90.1 Å². The Morgan fingerprint density at radius 3 is 2.76 bits per heavy atom. The summed E-state index contributed by atoms with van der Waals surface area (Å²) in [6, 6.07) is 18.2. The first-order valence-electron chi connectivity index (χ1n) is 12.8. The van der Waals surface area contributed by atoms with Crippen LogP contribution in [-0.4, -0.2) is 52.6 Å². The number of carbonyl (C=O) groups is 1. The van der Waals surface area contributed by atoms with E-state index in [-0.39, 0.29) is 30.4 Å². The monoisotopic (exact) mass is 588 g/mol. The van der Waals surface area contributed by atoms with E-state index in [0.717, 1.165) is 54.3 Å². The standard InChI is InChI=1S/C29H25FN6O3S2/c1-41(38,39)10-9-31-26(37)13-18-5-7-23-25(12-18)40-29-27(23)28(32-17-33-29)35-22-6-8-24-20(14-22)15-34-36(24)16-19-3-2-4-21(30)11-19/h2-8,11-12,14-15,17H,9-10,13,16H2,1H3,(H,31,37)(H,32,33,35). The van der Waals surface area contributed by atoms with Gasteiger partial charge in [0.1, 0.15) is 32.6 Å². The molecule has 9 nitrogen and oxygen atoms in total. The lowest BCUT2D eigenvalue weighted by Gasteiger charge is -2.08. The highest BCUT2D eigenvalue weighted by Crippen LogP contribution is 2.37. The number of nitrogens with zero attached hydrogens (tertiary/aromatic N) is 4. The number of nitrogens with one attached hydrogen (secondary N) is 2. The molecule has 12 heteroatoms. The van der Waals surface area contributed by atoms with Crippen LogP contribution in [0.4, 0.5) is 15.9 Å². The van der Waals surface area contributed by atoms with Crippen molar-refractivity contribution < 1.29 is 17.6 Å². The van der Waals surface area contributed by atoms with E-state index < -0.39 is 9.84 Å². The number of hydrogen-bond acceptors (Lipinski definition) is 8. The molecule has 0 aliphatic heterocycles. The van der Waals surface area contributed by atoms with Crippen molar-refractivity contribution in [2.75, 3.05) is 23.9 Å². The van der Waals surface area contributed by atoms with Crippen molar-refractivity contribution in [3.8, 4) is 0 Å². The molecule has 3 heterocycles. The summed E-state index contributed by atoms with van der Waals surface area (Å²) in [5.74, 6) is 0.0725. The molecule has 0 bridgehead atoms. The molecule has 0 spiro atoms. The van der Waals surface area contributed by atoms with E-state index in [4.69, 9.17) is 0 Å². The van der Waals surface area contributed by atoms with Crippen LogP contribution in [0, 0.1) is 5.82 Å². The van der Waals surface area contributed by atoms with Gasteiger partial charge in [-0.25, -0.2) is 22.8 Å². The largest absolute Gasteiger partial charge is 0.355 e. The van der Waals surface area contributed by atoms with Gasteiger partial charge in [-0.15, -0.1) is 11.3 Å². The molecule has 1 amide bonds. The van der Waals surface area contributed by atoms with Crippen LogP contribution in [0.3, 0.4) is 0 Å². The average molecular weight is 589 g/mol. The second kappa shape index (κ2) is 10.9. The number of thiophene rings is 1. The molecule has 0 atom stereocenters. The number of benzene rings is 3. The van der Waals surface area contributed by atoms with Crippen LogP contribution in [0.1, 0.15) is 11.1 Å². The third-order valence-electron chi connectivity index (χ3n) is 6.62. The average Bonchev–Trinajstić information content (AvgIpc) is 3.49. The highest BCUT2D eigenvalue weighted by Gasteiger charge is 2.14. The number of sulfone groups is 1. The van der Waals surface area contributed by atoms with Gasteiger partial charge in [-0.3, -0.25) is 9.48 Å². The summed E-state index contributed by atoms with van der Waals surface area (Å²) in [5.41, 5.74) is 3.43. The highest BCUT2D eigenvalue weighted by molar-refractivity contribution is 7.90. The molecule has 0 unspecified atom stereocenters. The summed E-state index contributed by atoms with van der Waals surface area (Å²) in [7, 11) is -3.13. The number of fused-ring (bicyclic) bond motifs is 4. The number of anilines is 2. The van der Waals surface area contributed by atoms with Gasteiger partial charge in [-0.1, -0.05) is 24.3 Å². The Hall–Kier alpha value is -4.42. The van der Waals surface area contributed by atoms with Crippen molar-refractivity contribution in [2.45, 2.75) is 13.0 Å². The van der Waals surface area contributed by atoms with Crippen LogP contribution in [0.2, 0.25) is 0 Å². The lowest BCUT2D eigenvalue weighted by atomic mass is 10.1. The first-order chi connectivity index (χ1) is 19.7. The predicted molar refractivity (Wildman–Crippen MR) is 160 cm³/mol. The van der Waals surface area contributed by atoms with E-state index in [9.17, 15) is 17.6 Å². The van der Waals surface area contributed by atoms with Crippen molar-refractivity contribution in [3.63, 3.8) is 0 Å². The summed E-state index contributed by atoms with van der Waals surface area (Å²) < 4.78 is 39.0. The summed E-state index contributed by atoms with van der Waals surface area (Å²) >= 11 is 1.51. The molecule has 6 aromatic rings. The number of rotatable bonds is 9. The van der Waals surface area contributed by atoms with Crippen molar-refractivity contribution in [2.24, 2.45) is 0 Å². The first kappa shape index (κ1) is 26.8. The maximum atomic E-state index is 13.6. The third-order valence-corrected chi connectivity index (χ3v) is 8.63. The van der Waals surface area contributed by atoms with E-state index in [1.807, 2.05) is 47.1 Å².